The average Bonchev–Trinajstić information content (AvgIpc) is 2.45. The number of alkyl halides is 3. The van der Waals surface area contributed by atoms with Gasteiger partial charge in [0.2, 0.25) is 5.95 Å². The molecule has 1 saturated heterocycles. The Morgan fingerprint density at radius 2 is 2.19 bits per heavy atom. The van der Waals surface area contributed by atoms with Crippen molar-refractivity contribution in [2.24, 2.45) is 11.8 Å². The zero-order chi connectivity index (χ0) is 15.6. The number of carbonyl (C=O) groups excluding carboxylic acids is 1. The van der Waals surface area contributed by atoms with Gasteiger partial charge in [0.05, 0.1) is 5.92 Å². The van der Waals surface area contributed by atoms with E-state index in [4.69, 9.17) is 5.84 Å². The fraction of sp³-hybridized carbons (Fsp3) is 0.583. The SMILES string of the molecule is Cc1cc(C(=O)NN)nc(N2CCCC(C(F)(F)F)C2)n1. The summed E-state index contributed by atoms with van der Waals surface area (Å²) >= 11 is 0. The molecule has 1 aromatic heterocycles. The van der Waals surface area contributed by atoms with E-state index < -0.39 is 18.0 Å². The van der Waals surface area contributed by atoms with Gasteiger partial charge in [-0.25, -0.2) is 15.8 Å². The first-order valence-corrected chi connectivity index (χ1v) is 6.49. The zero-order valence-corrected chi connectivity index (χ0v) is 11.4. The maximum atomic E-state index is 12.8. The number of nitrogens with one attached hydrogen (secondary N) is 1. The Labute approximate surface area is 119 Å². The third-order valence-electron chi connectivity index (χ3n) is 3.37. The van der Waals surface area contributed by atoms with Crippen LogP contribution in [0.15, 0.2) is 6.07 Å². The van der Waals surface area contributed by atoms with Gasteiger partial charge in [0, 0.05) is 18.8 Å². The quantitative estimate of drug-likeness (QED) is 0.487. The van der Waals surface area contributed by atoms with Crippen LogP contribution in [-0.4, -0.2) is 35.1 Å². The molecule has 6 nitrogen and oxygen atoms in total. The Kier molecular flexibility index (Phi) is 4.31. The van der Waals surface area contributed by atoms with Crippen LogP contribution in [0.25, 0.3) is 0 Å². The molecule has 1 aliphatic rings. The normalized spacial score (nSPS) is 19.5. The lowest BCUT2D eigenvalue weighted by Crippen LogP contribution is -2.42. The number of carbonyl (C=O) groups is 1. The van der Waals surface area contributed by atoms with Gasteiger partial charge in [0.1, 0.15) is 5.69 Å². The standard InChI is InChI=1S/C12H16F3N5O/c1-7-5-9(10(21)19-16)18-11(17-7)20-4-2-3-8(6-20)12(13,14)15/h5,8H,2-4,6,16H2,1H3,(H,19,21). The number of amides is 1. The second-order valence-electron chi connectivity index (χ2n) is 4.99. The zero-order valence-electron chi connectivity index (χ0n) is 11.4. The van der Waals surface area contributed by atoms with Crippen LogP contribution in [0.2, 0.25) is 0 Å². The molecular formula is C12H16F3N5O. The van der Waals surface area contributed by atoms with E-state index in [-0.39, 0.29) is 24.6 Å². The lowest BCUT2D eigenvalue weighted by molar-refractivity contribution is -0.176. The second kappa shape index (κ2) is 5.84. The predicted octanol–water partition coefficient (Wildman–Crippen LogP) is 1.17. The first-order valence-electron chi connectivity index (χ1n) is 6.49. The summed E-state index contributed by atoms with van der Waals surface area (Å²) in [6.07, 6.45) is -3.73. The number of nitrogens with two attached hydrogens (primary N) is 1. The molecule has 2 heterocycles. The minimum Gasteiger partial charge on any atom is -0.340 e. The van der Waals surface area contributed by atoms with Gasteiger partial charge < -0.3 is 4.90 Å². The number of hydrogen-bond donors (Lipinski definition) is 2. The van der Waals surface area contributed by atoms with Crippen LogP contribution < -0.4 is 16.2 Å². The number of rotatable bonds is 2. The summed E-state index contributed by atoms with van der Waals surface area (Å²) in [4.78, 5) is 21.1. The predicted molar refractivity (Wildman–Crippen MR) is 69.4 cm³/mol. The summed E-state index contributed by atoms with van der Waals surface area (Å²) in [5.41, 5.74) is 2.47. The van der Waals surface area contributed by atoms with Gasteiger partial charge in [-0.15, -0.1) is 0 Å². The van der Waals surface area contributed by atoms with Gasteiger partial charge in [-0.05, 0) is 25.8 Å². The van der Waals surface area contributed by atoms with Gasteiger partial charge in [-0.3, -0.25) is 10.2 Å². The van der Waals surface area contributed by atoms with Crippen molar-refractivity contribution in [1.82, 2.24) is 15.4 Å². The summed E-state index contributed by atoms with van der Waals surface area (Å²) < 4.78 is 38.5. The maximum Gasteiger partial charge on any atom is 0.393 e. The highest BCUT2D eigenvalue weighted by molar-refractivity contribution is 5.92. The molecule has 9 heteroatoms. The fourth-order valence-corrected chi connectivity index (χ4v) is 2.31. The number of nitrogens with zero attached hydrogens (tertiary/aromatic N) is 3. The molecule has 1 aromatic rings. The molecular weight excluding hydrogens is 287 g/mol. The lowest BCUT2D eigenvalue weighted by Gasteiger charge is -2.33. The average molecular weight is 303 g/mol. The van der Waals surface area contributed by atoms with E-state index in [1.807, 2.05) is 5.43 Å². The van der Waals surface area contributed by atoms with E-state index in [2.05, 4.69) is 9.97 Å². The molecule has 0 bridgehead atoms. The molecule has 21 heavy (non-hydrogen) atoms. The minimum atomic E-state index is -4.24. The van der Waals surface area contributed by atoms with Crippen molar-refractivity contribution in [3.63, 3.8) is 0 Å². The van der Waals surface area contributed by atoms with Gasteiger partial charge in [0.25, 0.3) is 5.91 Å². The third-order valence-corrected chi connectivity index (χ3v) is 3.37. The first-order chi connectivity index (χ1) is 9.81. The number of anilines is 1. The summed E-state index contributed by atoms with van der Waals surface area (Å²) in [6, 6.07) is 1.43. The van der Waals surface area contributed by atoms with Crippen molar-refractivity contribution < 1.29 is 18.0 Å². The van der Waals surface area contributed by atoms with Crippen LogP contribution in [0.4, 0.5) is 19.1 Å². The van der Waals surface area contributed by atoms with Crippen molar-refractivity contribution >= 4 is 11.9 Å². The summed E-state index contributed by atoms with van der Waals surface area (Å²) in [5, 5.41) is 0. The largest absolute Gasteiger partial charge is 0.393 e. The van der Waals surface area contributed by atoms with Gasteiger partial charge in [0.15, 0.2) is 0 Å². The smallest absolute Gasteiger partial charge is 0.340 e. The fourth-order valence-electron chi connectivity index (χ4n) is 2.31. The summed E-state index contributed by atoms with van der Waals surface area (Å²) in [7, 11) is 0. The highest BCUT2D eigenvalue weighted by Crippen LogP contribution is 2.34. The highest BCUT2D eigenvalue weighted by atomic mass is 19.4. The van der Waals surface area contributed by atoms with Gasteiger partial charge in [-0.1, -0.05) is 0 Å². The van der Waals surface area contributed by atoms with Gasteiger partial charge >= 0.3 is 6.18 Å². The minimum absolute atomic E-state index is 0.0362. The summed E-state index contributed by atoms with van der Waals surface area (Å²) in [5.74, 6) is 3.16. The molecule has 116 valence electrons. The molecule has 0 radical (unpaired) electrons. The molecule has 1 atom stereocenters. The molecule has 0 aromatic carbocycles. The Balaban J connectivity index is 2.25. The van der Waals surface area contributed by atoms with Crippen LogP contribution in [0.1, 0.15) is 29.0 Å². The van der Waals surface area contributed by atoms with Crippen molar-refractivity contribution in [2.75, 3.05) is 18.0 Å². The molecule has 1 aliphatic heterocycles. The number of hydrazine groups is 1. The van der Waals surface area contributed by atoms with Crippen molar-refractivity contribution in [3.05, 3.63) is 17.5 Å². The summed E-state index contributed by atoms with van der Waals surface area (Å²) in [6.45, 7) is 1.88. The van der Waals surface area contributed by atoms with Crippen molar-refractivity contribution in [1.29, 1.82) is 0 Å². The van der Waals surface area contributed by atoms with E-state index >= 15 is 0 Å². The number of aromatic nitrogens is 2. The topological polar surface area (TPSA) is 84.1 Å². The molecule has 1 amide bonds. The number of hydrogen-bond acceptors (Lipinski definition) is 5. The second-order valence-corrected chi connectivity index (χ2v) is 4.99. The van der Waals surface area contributed by atoms with E-state index in [1.54, 1.807) is 6.92 Å². The van der Waals surface area contributed by atoms with Crippen LogP contribution >= 0.6 is 0 Å². The maximum absolute atomic E-state index is 12.8. The third kappa shape index (κ3) is 3.60. The number of nitrogen functional groups attached to an aromatic ring is 1. The van der Waals surface area contributed by atoms with E-state index in [1.165, 1.54) is 11.0 Å². The first kappa shape index (κ1) is 15.5. The molecule has 0 spiro atoms. The number of aryl methyl sites for hydroxylation is 1. The van der Waals surface area contributed by atoms with Gasteiger partial charge in [-0.2, -0.15) is 13.2 Å². The monoisotopic (exact) mass is 303 g/mol. The molecule has 0 saturated carbocycles. The number of halogens is 3. The molecule has 0 aliphatic carbocycles. The Morgan fingerprint density at radius 3 is 2.81 bits per heavy atom. The molecule has 3 N–H and O–H groups in total. The lowest BCUT2D eigenvalue weighted by atomic mass is 9.98. The molecule has 1 fully saturated rings. The Bertz CT molecular complexity index is 534. The molecule has 2 rings (SSSR count). The van der Waals surface area contributed by atoms with Crippen molar-refractivity contribution in [2.45, 2.75) is 25.9 Å². The highest BCUT2D eigenvalue weighted by Gasteiger charge is 2.42. The molecule has 1 unspecified atom stereocenters. The number of piperidine rings is 1. The Morgan fingerprint density at radius 1 is 1.48 bits per heavy atom. The van der Waals surface area contributed by atoms with E-state index in [0.29, 0.717) is 18.7 Å². The van der Waals surface area contributed by atoms with Crippen molar-refractivity contribution in [3.8, 4) is 0 Å². The Hall–Kier alpha value is -1.90. The van der Waals surface area contributed by atoms with Crippen LogP contribution in [-0.2, 0) is 0 Å². The van der Waals surface area contributed by atoms with E-state index in [0.717, 1.165) is 0 Å². The van der Waals surface area contributed by atoms with E-state index in [9.17, 15) is 18.0 Å². The van der Waals surface area contributed by atoms with Crippen LogP contribution in [0, 0.1) is 12.8 Å². The van der Waals surface area contributed by atoms with Crippen LogP contribution in [0.5, 0.6) is 0 Å². The van der Waals surface area contributed by atoms with Crippen LogP contribution in [0.3, 0.4) is 0 Å².